The van der Waals surface area contributed by atoms with E-state index in [1.807, 2.05) is 13.8 Å². The molecule has 1 atom stereocenters. The van der Waals surface area contributed by atoms with E-state index < -0.39 is 17.3 Å². The Kier molecular flexibility index (Phi) is 5.95. The molecule has 0 heterocycles. The summed E-state index contributed by atoms with van der Waals surface area (Å²) in [4.78, 5) is 11.9. The highest BCUT2D eigenvalue weighted by molar-refractivity contribution is 5.80. The first-order valence-corrected chi connectivity index (χ1v) is 6.65. The average Bonchev–Trinajstić information content (AvgIpc) is 2.45. The molecule has 5 heteroatoms. The van der Waals surface area contributed by atoms with Gasteiger partial charge in [-0.15, -0.1) is 0 Å². The van der Waals surface area contributed by atoms with Gasteiger partial charge in [0.25, 0.3) is 0 Å². The summed E-state index contributed by atoms with van der Waals surface area (Å²) >= 11 is 0. The molecule has 0 saturated heterocycles. The minimum atomic E-state index is -0.999. The average molecular weight is 283 g/mol. The third-order valence-corrected chi connectivity index (χ3v) is 3.00. The van der Waals surface area contributed by atoms with Crippen LogP contribution in [0, 0.1) is 12.7 Å². The minimum Gasteiger partial charge on any atom is -0.488 e. The van der Waals surface area contributed by atoms with E-state index in [-0.39, 0.29) is 12.4 Å². The second kappa shape index (κ2) is 7.24. The van der Waals surface area contributed by atoms with Crippen molar-refractivity contribution in [3.05, 3.63) is 29.6 Å². The van der Waals surface area contributed by atoms with E-state index in [4.69, 9.17) is 9.47 Å². The zero-order valence-corrected chi connectivity index (χ0v) is 12.5. The third-order valence-electron chi connectivity index (χ3n) is 3.00. The quantitative estimate of drug-likeness (QED) is 0.781. The summed E-state index contributed by atoms with van der Waals surface area (Å²) in [5, 5.41) is 3.08. The summed E-state index contributed by atoms with van der Waals surface area (Å²) in [6, 6.07) is 4.61. The van der Waals surface area contributed by atoms with Crippen LogP contribution in [0.5, 0.6) is 5.75 Å². The van der Waals surface area contributed by atoms with Crippen molar-refractivity contribution in [2.75, 3.05) is 20.3 Å². The van der Waals surface area contributed by atoms with E-state index in [9.17, 15) is 9.18 Å². The first kappa shape index (κ1) is 16.4. The molecular formula is C15H22FNO3. The van der Waals surface area contributed by atoms with Crippen molar-refractivity contribution in [1.82, 2.24) is 5.32 Å². The molecule has 0 fully saturated rings. The Bertz CT molecular complexity index is 464. The van der Waals surface area contributed by atoms with Gasteiger partial charge in [0.1, 0.15) is 12.1 Å². The minimum absolute atomic E-state index is 0.0000463. The van der Waals surface area contributed by atoms with E-state index >= 15 is 0 Å². The van der Waals surface area contributed by atoms with Crippen molar-refractivity contribution >= 4 is 5.97 Å². The van der Waals surface area contributed by atoms with Crippen molar-refractivity contribution < 1.29 is 18.7 Å². The van der Waals surface area contributed by atoms with Crippen LogP contribution >= 0.6 is 0 Å². The number of benzene rings is 1. The van der Waals surface area contributed by atoms with Crippen LogP contribution in [0.3, 0.4) is 0 Å². The molecule has 20 heavy (non-hydrogen) atoms. The summed E-state index contributed by atoms with van der Waals surface area (Å²) in [5.74, 6) is -0.740. The molecule has 1 N–H and O–H groups in total. The van der Waals surface area contributed by atoms with Crippen molar-refractivity contribution in [2.45, 2.75) is 32.7 Å². The second-order valence-electron chi connectivity index (χ2n) is 4.97. The van der Waals surface area contributed by atoms with Gasteiger partial charge in [-0.1, -0.05) is 13.0 Å². The van der Waals surface area contributed by atoms with E-state index in [0.717, 1.165) is 12.0 Å². The molecule has 1 aromatic carbocycles. The maximum Gasteiger partial charge on any atom is 0.329 e. The van der Waals surface area contributed by atoms with Crippen LogP contribution in [-0.4, -0.2) is 31.8 Å². The van der Waals surface area contributed by atoms with Gasteiger partial charge in [0, 0.05) is 0 Å². The zero-order valence-electron chi connectivity index (χ0n) is 12.5. The Labute approximate surface area is 119 Å². The zero-order chi connectivity index (χ0) is 15.2. The summed E-state index contributed by atoms with van der Waals surface area (Å²) < 4.78 is 23.9. The van der Waals surface area contributed by atoms with Crippen LogP contribution in [-0.2, 0) is 9.53 Å². The van der Waals surface area contributed by atoms with Crippen LogP contribution in [0.15, 0.2) is 18.2 Å². The fraction of sp³-hybridized carbons (Fsp3) is 0.533. The first-order chi connectivity index (χ1) is 9.42. The SMILES string of the molecule is CCCNC(C)(COc1cc(C)ccc1F)C(=O)OC. The molecule has 1 aromatic rings. The normalized spacial score (nSPS) is 13.7. The van der Waals surface area contributed by atoms with Crippen molar-refractivity contribution in [2.24, 2.45) is 0 Å². The number of hydrogen-bond donors (Lipinski definition) is 1. The van der Waals surface area contributed by atoms with Gasteiger partial charge in [-0.25, -0.2) is 9.18 Å². The highest BCUT2D eigenvalue weighted by Crippen LogP contribution is 2.20. The summed E-state index contributed by atoms with van der Waals surface area (Å²) in [6.45, 7) is 6.17. The first-order valence-electron chi connectivity index (χ1n) is 6.65. The number of esters is 1. The number of halogens is 1. The Balaban J connectivity index is 2.80. The molecular weight excluding hydrogens is 261 g/mol. The number of methoxy groups -OCH3 is 1. The number of hydrogen-bond acceptors (Lipinski definition) is 4. The predicted molar refractivity (Wildman–Crippen MR) is 75.3 cm³/mol. The number of aryl methyl sites for hydroxylation is 1. The standard InChI is InChI=1S/C15H22FNO3/c1-5-8-17-15(3,14(18)19-4)10-20-13-9-11(2)6-7-12(13)16/h6-7,9,17H,5,8,10H2,1-4H3. The number of rotatable bonds is 7. The monoisotopic (exact) mass is 283 g/mol. The second-order valence-corrected chi connectivity index (χ2v) is 4.97. The highest BCUT2D eigenvalue weighted by atomic mass is 19.1. The Hall–Kier alpha value is -1.62. The van der Waals surface area contributed by atoms with Gasteiger partial charge < -0.3 is 9.47 Å². The van der Waals surface area contributed by atoms with E-state index in [1.165, 1.54) is 13.2 Å². The van der Waals surface area contributed by atoms with Crippen molar-refractivity contribution in [3.8, 4) is 5.75 Å². The molecule has 1 rings (SSSR count). The van der Waals surface area contributed by atoms with Crippen LogP contribution < -0.4 is 10.1 Å². The smallest absolute Gasteiger partial charge is 0.329 e. The third kappa shape index (κ3) is 4.20. The molecule has 0 spiro atoms. The van der Waals surface area contributed by atoms with Crippen LogP contribution in [0.1, 0.15) is 25.8 Å². The number of nitrogens with one attached hydrogen (secondary N) is 1. The van der Waals surface area contributed by atoms with Gasteiger partial charge in [0.15, 0.2) is 11.6 Å². The summed E-state index contributed by atoms with van der Waals surface area (Å²) in [5.41, 5.74) is -0.108. The molecule has 0 saturated carbocycles. The molecule has 0 aliphatic carbocycles. The highest BCUT2D eigenvalue weighted by Gasteiger charge is 2.35. The summed E-state index contributed by atoms with van der Waals surface area (Å²) in [6.07, 6.45) is 0.866. The van der Waals surface area contributed by atoms with Crippen LogP contribution in [0.25, 0.3) is 0 Å². The maximum absolute atomic E-state index is 13.6. The Morgan fingerprint density at radius 2 is 2.15 bits per heavy atom. The number of carbonyl (C=O) groups is 1. The molecule has 0 amide bonds. The Morgan fingerprint density at radius 1 is 1.45 bits per heavy atom. The summed E-state index contributed by atoms with van der Waals surface area (Å²) in [7, 11) is 1.32. The van der Waals surface area contributed by atoms with Crippen molar-refractivity contribution in [1.29, 1.82) is 0 Å². The Morgan fingerprint density at radius 3 is 2.75 bits per heavy atom. The van der Waals surface area contributed by atoms with Gasteiger partial charge in [0.05, 0.1) is 7.11 Å². The lowest BCUT2D eigenvalue weighted by atomic mass is 10.0. The fourth-order valence-corrected chi connectivity index (χ4v) is 1.75. The van der Waals surface area contributed by atoms with Crippen LogP contribution in [0.2, 0.25) is 0 Å². The number of carbonyl (C=O) groups excluding carboxylic acids is 1. The van der Waals surface area contributed by atoms with E-state index in [2.05, 4.69) is 5.32 Å². The number of ether oxygens (including phenoxy) is 2. The van der Waals surface area contributed by atoms with Gasteiger partial charge >= 0.3 is 5.97 Å². The molecule has 112 valence electrons. The molecule has 1 unspecified atom stereocenters. The molecule has 4 nitrogen and oxygen atoms in total. The van der Waals surface area contributed by atoms with Gasteiger partial charge in [-0.3, -0.25) is 5.32 Å². The van der Waals surface area contributed by atoms with Crippen molar-refractivity contribution in [3.63, 3.8) is 0 Å². The van der Waals surface area contributed by atoms with Gasteiger partial charge in [-0.05, 0) is 44.5 Å². The largest absolute Gasteiger partial charge is 0.488 e. The van der Waals surface area contributed by atoms with E-state index in [1.54, 1.807) is 19.1 Å². The predicted octanol–water partition coefficient (Wildman–Crippen LogP) is 2.44. The molecule has 0 radical (unpaired) electrons. The molecule has 0 aliphatic heterocycles. The lowest BCUT2D eigenvalue weighted by Gasteiger charge is -2.28. The molecule has 0 aliphatic rings. The van der Waals surface area contributed by atoms with E-state index in [0.29, 0.717) is 6.54 Å². The molecule has 0 aromatic heterocycles. The molecule has 0 bridgehead atoms. The van der Waals surface area contributed by atoms with Gasteiger partial charge in [-0.2, -0.15) is 0 Å². The maximum atomic E-state index is 13.6. The van der Waals surface area contributed by atoms with Crippen LogP contribution in [0.4, 0.5) is 4.39 Å². The lowest BCUT2D eigenvalue weighted by Crippen LogP contribution is -2.54. The fourth-order valence-electron chi connectivity index (χ4n) is 1.75. The lowest BCUT2D eigenvalue weighted by molar-refractivity contribution is -0.149. The topological polar surface area (TPSA) is 47.6 Å². The van der Waals surface area contributed by atoms with Gasteiger partial charge in [0.2, 0.25) is 0 Å².